The highest BCUT2D eigenvalue weighted by molar-refractivity contribution is 5.95. The minimum atomic E-state index is -0.0786. The number of rotatable bonds is 5. The van der Waals surface area contributed by atoms with Gasteiger partial charge in [0.25, 0.3) is 5.91 Å². The first-order valence-electron chi connectivity index (χ1n) is 10.4. The molecule has 1 amide bonds. The monoisotopic (exact) mass is 391 g/mol. The molecule has 0 bridgehead atoms. The molecule has 2 aromatic heterocycles. The van der Waals surface area contributed by atoms with Crippen molar-refractivity contribution in [1.82, 2.24) is 24.8 Å². The molecule has 0 spiro atoms. The van der Waals surface area contributed by atoms with Crippen LogP contribution in [0.4, 0.5) is 0 Å². The number of carbonyl (C=O) groups is 1. The molecule has 1 aliphatic rings. The Morgan fingerprint density at radius 2 is 2.10 bits per heavy atom. The van der Waals surface area contributed by atoms with Crippen molar-refractivity contribution in [2.75, 3.05) is 19.6 Å². The van der Waals surface area contributed by atoms with E-state index in [-0.39, 0.29) is 5.91 Å². The summed E-state index contributed by atoms with van der Waals surface area (Å²) in [7, 11) is 0. The molecule has 152 valence electrons. The van der Waals surface area contributed by atoms with Crippen LogP contribution in [0.5, 0.6) is 0 Å². The van der Waals surface area contributed by atoms with Crippen LogP contribution in [0.15, 0.2) is 30.5 Å². The average Bonchev–Trinajstić information content (AvgIpc) is 3.30. The van der Waals surface area contributed by atoms with Gasteiger partial charge in [-0.2, -0.15) is 5.10 Å². The van der Waals surface area contributed by atoms with Gasteiger partial charge < -0.3 is 5.32 Å². The second-order valence-electron chi connectivity index (χ2n) is 7.96. The average molecular weight is 392 g/mol. The summed E-state index contributed by atoms with van der Waals surface area (Å²) in [4.78, 5) is 19.9. The van der Waals surface area contributed by atoms with Gasteiger partial charge in [-0.25, -0.2) is 9.50 Å². The maximum absolute atomic E-state index is 12.9. The number of likely N-dealkylation sites (tertiary alicyclic amines) is 1. The minimum Gasteiger partial charge on any atom is -0.350 e. The molecule has 0 saturated carbocycles. The van der Waals surface area contributed by atoms with Gasteiger partial charge >= 0.3 is 0 Å². The largest absolute Gasteiger partial charge is 0.350 e. The standard InChI is InChI=1S/C23H29N5O/c1-5-27-11-7-10-19(27)13-25-23(29)20-14-24-22-21(16(3)26-28(22)17(20)4)18-9-6-8-15(2)12-18/h6,8-9,12,14,19H,5,7,10-11,13H2,1-4H3,(H,25,29)/t19-/m1/s1. The van der Waals surface area contributed by atoms with Gasteiger partial charge in [0, 0.05) is 24.3 Å². The van der Waals surface area contributed by atoms with E-state index in [0.29, 0.717) is 18.2 Å². The van der Waals surface area contributed by atoms with E-state index in [1.165, 1.54) is 12.0 Å². The number of fused-ring (bicyclic) bond motifs is 1. The summed E-state index contributed by atoms with van der Waals surface area (Å²) in [5.74, 6) is -0.0786. The Bertz CT molecular complexity index is 1050. The maximum Gasteiger partial charge on any atom is 0.254 e. The highest BCUT2D eigenvalue weighted by Crippen LogP contribution is 2.28. The van der Waals surface area contributed by atoms with Gasteiger partial charge in [0.1, 0.15) is 0 Å². The molecule has 6 heteroatoms. The smallest absolute Gasteiger partial charge is 0.254 e. The van der Waals surface area contributed by atoms with Crippen LogP contribution in [0.25, 0.3) is 16.8 Å². The zero-order valence-corrected chi connectivity index (χ0v) is 17.7. The van der Waals surface area contributed by atoms with Crippen molar-refractivity contribution >= 4 is 11.6 Å². The van der Waals surface area contributed by atoms with E-state index in [9.17, 15) is 4.79 Å². The van der Waals surface area contributed by atoms with Crippen LogP contribution < -0.4 is 5.32 Å². The highest BCUT2D eigenvalue weighted by Gasteiger charge is 2.24. The molecule has 0 unspecified atom stereocenters. The Morgan fingerprint density at radius 1 is 1.28 bits per heavy atom. The Morgan fingerprint density at radius 3 is 2.86 bits per heavy atom. The zero-order chi connectivity index (χ0) is 20.5. The van der Waals surface area contributed by atoms with Crippen molar-refractivity contribution in [1.29, 1.82) is 0 Å². The van der Waals surface area contributed by atoms with E-state index in [2.05, 4.69) is 47.2 Å². The van der Waals surface area contributed by atoms with Crippen molar-refractivity contribution in [3.63, 3.8) is 0 Å². The fourth-order valence-corrected chi connectivity index (χ4v) is 4.41. The van der Waals surface area contributed by atoms with Crippen molar-refractivity contribution in [2.45, 2.75) is 46.6 Å². The number of carbonyl (C=O) groups excluding carboxylic acids is 1. The number of hydrogen-bond acceptors (Lipinski definition) is 4. The molecular weight excluding hydrogens is 362 g/mol. The summed E-state index contributed by atoms with van der Waals surface area (Å²) >= 11 is 0. The molecular formula is C23H29N5O. The molecule has 29 heavy (non-hydrogen) atoms. The molecule has 6 nitrogen and oxygen atoms in total. The number of nitrogens with zero attached hydrogens (tertiary/aromatic N) is 4. The second kappa shape index (κ2) is 7.95. The molecule has 3 aromatic rings. The van der Waals surface area contributed by atoms with E-state index in [0.717, 1.165) is 47.7 Å². The predicted octanol–water partition coefficient (Wildman–Crippen LogP) is 3.54. The quantitative estimate of drug-likeness (QED) is 0.723. The fraction of sp³-hybridized carbons (Fsp3) is 0.435. The molecule has 1 saturated heterocycles. The van der Waals surface area contributed by atoms with Gasteiger partial charge in [-0.15, -0.1) is 0 Å². The molecule has 1 N–H and O–H groups in total. The Balaban J connectivity index is 1.62. The van der Waals surface area contributed by atoms with Gasteiger partial charge in [0.2, 0.25) is 0 Å². The summed E-state index contributed by atoms with van der Waals surface area (Å²) in [6, 6.07) is 8.78. The van der Waals surface area contributed by atoms with Crippen LogP contribution in [-0.2, 0) is 0 Å². The number of amides is 1. The fourth-order valence-electron chi connectivity index (χ4n) is 4.41. The summed E-state index contributed by atoms with van der Waals surface area (Å²) < 4.78 is 1.80. The molecule has 1 atom stereocenters. The predicted molar refractivity (Wildman–Crippen MR) is 115 cm³/mol. The second-order valence-corrected chi connectivity index (χ2v) is 7.96. The van der Waals surface area contributed by atoms with Gasteiger partial charge in [0.05, 0.1) is 17.0 Å². The summed E-state index contributed by atoms with van der Waals surface area (Å²) in [6.07, 6.45) is 4.03. The number of benzene rings is 1. The van der Waals surface area contributed by atoms with Gasteiger partial charge in [-0.05, 0) is 52.3 Å². The van der Waals surface area contributed by atoms with E-state index < -0.39 is 0 Å². The van der Waals surface area contributed by atoms with Crippen molar-refractivity contribution in [3.05, 3.63) is 53.0 Å². The lowest BCUT2D eigenvalue weighted by atomic mass is 10.0. The summed E-state index contributed by atoms with van der Waals surface area (Å²) in [5.41, 5.74) is 6.41. The van der Waals surface area contributed by atoms with Crippen LogP contribution in [-0.4, -0.2) is 51.1 Å². The maximum atomic E-state index is 12.9. The molecule has 1 aliphatic heterocycles. The number of nitrogens with one attached hydrogen (secondary N) is 1. The van der Waals surface area contributed by atoms with Crippen LogP contribution in [0.1, 0.15) is 47.1 Å². The number of likely N-dealkylation sites (N-methyl/N-ethyl adjacent to an activating group) is 1. The van der Waals surface area contributed by atoms with Crippen LogP contribution in [0.2, 0.25) is 0 Å². The lowest BCUT2D eigenvalue weighted by molar-refractivity contribution is 0.0939. The number of aryl methyl sites for hydroxylation is 3. The molecule has 0 radical (unpaired) electrons. The van der Waals surface area contributed by atoms with E-state index in [1.807, 2.05) is 19.9 Å². The SMILES string of the molecule is CCN1CCC[C@@H]1CNC(=O)c1cnc2c(-c3cccc(C)c3)c(C)nn2c1C. The van der Waals surface area contributed by atoms with Crippen LogP contribution in [0.3, 0.4) is 0 Å². The van der Waals surface area contributed by atoms with E-state index >= 15 is 0 Å². The number of hydrogen-bond donors (Lipinski definition) is 1. The van der Waals surface area contributed by atoms with Gasteiger partial charge in [-0.1, -0.05) is 36.8 Å². The van der Waals surface area contributed by atoms with Gasteiger partial charge in [-0.3, -0.25) is 9.69 Å². The third kappa shape index (κ3) is 3.65. The molecule has 0 aliphatic carbocycles. The zero-order valence-electron chi connectivity index (χ0n) is 17.7. The lowest BCUT2D eigenvalue weighted by Crippen LogP contribution is -2.40. The highest BCUT2D eigenvalue weighted by atomic mass is 16.1. The van der Waals surface area contributed by atoms with E-state index in [1.54, 1.807) is 10.7 Å². The topological polar surface area (TPSA) is 62.5 Å². The van der Waals surface area contributed by atoms with Crippen molar-refractivity contribution < 1.29 is 4.79 Å². The summed E-state index contributed by atoms with van der Waals surface area (Å²) in [5, 5.41) is 7.80. The summed E-state index contributed by atoms with van der Waals surface area (Å²) in [6.45, 7) is 11.0. The van der Waals surface area contributed by atoms with E-state index in [4.69, 9.17) is 5.10 Å². The Labute approximate surface area is 171 Å². The minimum absolute atomic E-state index is 0.0786. The van der Waals surface area contributed by atoms with Crippen LogP contribution in [0, 0.1) is 20.8 Å². The first-order valence-corrected chi connectivity index (χ1v) is 10.4. The third-order valence-corrected chi connectivity index (χ3v) is 6.01. The van der Waals surface area contributed by atoms with Crippen molar-refractivity contribution in [2.24, 2.45) is 0 Å². The molecule has 1 aromatic carbocycles. The number of aromatic nitrogens is 3. The Hall–Kier alpha value is -2.73. The Kier molecular flexibility index (Phi) is 5.37. The molecule has 1 fully saturated rings. The lowest BCUT2D eigenvalue weighted by Gasteiger charge is -2.23. The normalized spacial score (nSPS) is 17.2. The first-order chi connectivity index (χ1) is 14.0. The first kappa shape index (κ1) is 19.6. The van der Waals surface area contributed by atoms with Crippen molar-refractivity contribution in [3.8, 4) is 11.1 Å². The molecule has 3 heterocycles. The van der Waals surface area contributed by atoms with Crippen LogP contribution >= 0.6 is 0 Å². The third-order valence-electron chi connectivity index (χ3n) is 6.01. The van der Waals surface area contributed by atoms with Gasteiger partial charge in [0.15, 0.2) is 5.65 Å². The molecule has 4 rings (SSSR count).